The van der Waals surface area contributed by atoms with Crippen LogP contribution in [0.25, 0.3) is 0 Å². The summed E-state index contributed by atoms with van der Waals surface area (Å²) in [7, 11) is 3.04. The first-order chi connectivity index (χ1) is 27.7. The van der Waals surface area contributed by atoms with E-state index < -0.39 is 24.2 Å². The lowest BCUT2D eigenvalue weighted by Crippen LogP contribution is -2.52. The van der Waals surface area contributed by atoms with Gasteiger partial charge in [-0.1, -0.05) is 89.9 Å². The number of hydrogen-bond acceptors (Lipinski definition) is 9. The fraction of sp³-hybridized carbons (Fsp3) is 0.295. The van der Waals surface area contributed by atoms with Crippen LogP contribution in [0.4, 0.5) is 4.79 Å². The second kappa shape index (κ2) is 18.2. The van der Waals surface area contributed by atoms with Crippen LogP contribution in [0.3, 0.4) is 0 Å². The number of alkyl carbamates (subject to hydrolysis) is 1. The molecule has 0 saturated carbocycles. The second-order valence-electron chi connectivity index (χ2n) is 14.1. The van der Waals surface area contributed by atoms with Gasteiger partial charge in [-0.15, -0.1) is 0 Å². The highest BCUT2D eigenvalue weighted by Gasteiger charge is 2.37. The SMILES string of the molecule is COc1ccc(C(Cc2c(Cl)c[n+]([O-])cc2Cl)OC(=O)c2ccccc2COc2cccc(C(NC(=O)O[C@H]3CN4CCC3CC4)c3ccccc3)c2)cc1OC. The number of nitrogens with one attached hydrogen (secondary N) is 1. The molecule has 8 rings (SSSR count). The summed E-state index contributed by atoms with van der Waals surface area (Å²) < 4.78 is 29.9. The Kier molecular flexibility index (Phi) is 12.7. The van der Waals surface area contributed by atoms with E-state index >= 15 is 0 Å². The number of piperidine rings is 3. The average molecular weight is 813 g/mol. The molecule has 3 fully saturated rings. The Balaban J connectivity index is 1.09. The predicted octanol–water partition coefficient (Wildman–Crippen LogP) is 8.27. The number of nitrogens with zero attached hydrogens (tertiary/aromatic N) is 2. The predicted molar refractivity (Wildman–Crippen MR) is 215 cm³/mol. The normalized spacial score (nSPS) is 18.2. The lowest BCUT2D eigenvalue weighted by Gasteiger charge is -2.43. The Morgan fingerprint density at radius 3 is 2.25 bits per heavy atom. The van der Waals surface area contributed by atoms with E-state index in [9.17, 15) is 14.8 Å². The van der Waals surface area contributed by atoms with Gasteiger partial charge in [-0.25, -0.2) is 9.59 Å². The molecule has 1 amide bonds. The third-order valence-corrected chi connectivity index (χ3v) is 11.2. The topological polar surface area (TPSA) is 123 Å². The van der Waals surface area contributed by atoms with E-state index in [1.165, 1.54) is 26.6 Å². The van der Waals surface area contributed by atoms with Crippen LogP contribution in [0, 0.1) is 11.1 Å². The highest BCUT2D eigenvalue weighted by atomic mass is 35.5. The number of amides is 1. The number of aromatic nitrogens is 1. The number of carbonyl (C=O) groups is 2. The van der Waals surface area contributed by atoms with Gasteiger partial charge < -0.3 is 34.2 Å². The van der Waals surface area contributed by atoms with Crippen LogP contribution in [-0.2, 0) is 22.5 Å². The van der Waals surface area contributed by atoms with Gasteiger partial charge >= 0.3 is 12.1 Å². The van der Waals surface area contributed by atoms with Crippen molar-refractivity contribution in [1.82, 2.24) is 10.2 Å². The molecule has 3 aliphatic rings. The zero-order valence-electron chi connectivity index (χ0n) is 31.6. The fourth-order valence-corrected chi connectivity index (χ4v) is 8.11. The Labute approximate surface area is 341 Å². The van der Waals surface area contributed by atoms with E-state index in [4.69, 9.17) is 46.9 Å². The standard InChI is InChI=1S/C44H43Cl2N3O8/c1-53-38-16-15-30(22-40(38)54-2)39(23-35-36(45)24-49(52)25-37(35)46)56-43(50)34-14-7-6-11-32(34)27-55-33-13-8-12-31(21-33)42(29-9-4-3-5-10-29)47-44(51)57-41-26-48-19-17-28(41)18-20-48/h3-16,21-22,24-25,28,39,41-42H,17-20,23,26-27H2,1-2H3,(H,47,51)/t39?,41-,42?/m0/s1. The number of fused-ring (bicyclic) bond motifs is 3. The highest BCUT2D eigenvalue weighted by Crippen LogP contribution is 2.36. The maximum atomic E-state index is 14.0. The summed E-state index contributed by atoms with van der Waals surface area (Å²) in [6.45, 7) is 2.92. The molecular weight excluding hydrogens is 769 g/mol. The molecule has 1 N–H and O–H groups in total. The van der Waals surface area contributed by atoms with Gasteiger partial charge in [-0.05, 0) is 78.9 Å². The van der Waals surface area contributed by atoms with E-state index in [-0.39, 0.29) is 29.2 Å². The van der Waals surface area contributed by atoms with Crippen LogP contribution < -0.4 is 24.3 Å². The molecule has 13 heteroatoms. The molecule has 2 bridgehead atoms. The number of esters is 1. The van der Waals surface area contributed by atoms with E-state index in [0.717, 1.165) is 43.6 Å². The number of hydrogen-bond donors (Lipinski definition) is 1. The summed E-state index contributed by atoms with van der Waals surface area (Å²) in [6, 6.07) is 28.9. The number of pyridine rings is 1. The number of carbonyl (C=O) groups excluding carboxylic acids is 2. The van der Waals surface area contributed by atoms with Gasteiger partial charge in [0.15, 0.2) is 23.9 Å². The van der Waals surface area contributed by atoms with Crippen molar-refractivity contribution in [3.63, 3.8) is 0 Å². The first-order valence-corrected chi connectivity index (χ1v) is 19.5. The van der Waals surface area contributed by atoms with Crippen molar-refractivity contribution < 1.29 is 38.0 Å². The van der Waals surface area contributed by atoms with E-state index in [2.05, 4.69) is 10.2 Å². The number of ether oxygens (including phenoxy) is 5. The summed E-state index contributed by atoms with van der Waals surface area (Å²) in [5.41, 5.74) is 3.59. The van der Waals surface area contributed by atoms with Crippen LogP contribution in [0.2, 0.25) is 10.0 Å². The summed E-state index contributed by atoms with van der Waals surface area (Å²) in [4.78, 5) is 29.7. The van der Waals surface area contributed by atoms with Crippen molar-refractivity contribution in [2.75, 3.05) is 33.9 Å². The molecule has 57 heavy (non-hydrogen) atoms. The van der Waals surface area contributed by atoms with Gasteiger partial charge in [0.2, 0.25) is 0 Å². The molecule has 11 nitrogen and oxygen atoms in total. The van der Waals surface area contributed by atoms with Crippen LogP contribution in [0.1, 0.15) is 63.2 Å². The largest absolute Gasteiger partial charge is 0.619 e. The number of methoxy groups -OCH3 is 2. The maximum absolute atomic E-state index is 14.0. The van der Waals surface area contributed by atoms with Crippen LogP contribution in [-0.4, -0.2) is 56.9 Å². The smallest absolute Gasteiger partial charge is 0.408 e. The Morgan fingerprint density at radius 2 is 1.54 bits per heavy atom. The van der Waals surface area contributed by atoms with Crippen LogP contribution in [0.5, 0.6) is 17.2 Å². The zero-order chi connectivity index (χ0) is 39.9. The Bertz CT molecular complexity index is 2180. The minimum Gasteiger partial charge on any atom is -0.619 e. The van der Waals surface area contributed by atoms with E-state index in [1.54, 1.807) is 36.4 Å². The molecule has 5 aromatic rings. The van der Waals surface area contributed by atoms with Gasteiger partial charge in [0.1, 0.15) is 34.6 Å². The molecular formula is C44H43Cl2N3O8. The minimum atomic E-state index is -0.889. The van der Waals surface area contributed by atoms with E-state index in [0.29, 0.717) is 50.2 Å². The number of halogens is 2. The molecule has 296 valence electrons. The van der Waals surface area contributed by atoms with Crippen molar-refractivity contribution in [3.8, 4) is 17.2 Å². The molecule has 4 heterocycles. The van der Waals surface area contributed by atoms with Gasteiger partial charge in [0, 0.05) is 24.1 Å². The van der Waals surface area contributed by atoms with Gasteiger partial charge in [0.05, 0.1) is 25.8 Å². The summed E-state index contributed by atoms with van der Waals surface area (Å²) >= 11 is 12.9. The van der Waals surface area contributed by atoms with E-state index in [1.807, 2.05) is 60.7 Å². The minimum absolute atomic E-state index is 0.0423. The molecule has 0 aliphatic carbocycles. The molecule has 3 atom stereocenters. The summed E-state index contributed by atoms with van der Waals surface area (Å²) in [5.74, 6) is 1.25. The summed E-state index contributed by atoms with van der Waals surface area (Å²) in [5, 5.41) is 15.4. The monoisotopic (exact) mass is 811 g/mol. The number of rotatable bonds is 14. The lowest BCUT2D eigenvalue weighted by molar-refractivity contribution is -0.605. The molecule has 0 spiro atoms. The van der Waals surface area contributed by atoms with Crippen molar-refractivity contribution >= 4 is 35.3 Å². The first kappa shape index (κ1) is 39.7. The third-order valence-electron chi connectivity index (χ3n) is 10.5. The lowest BCUT2D eigenvalue weighted by atomic mass is 9.86. The zero-order valence-corrected chi connectivity index (χ0v) is 33.1. The van der Waals surface area contributed by atoms with Gasteiger partial charge in [-0.3, -0.25) is 4.90 Å². The molecule has 3 aliphatic heterocycles. The van der Waals surface area contributed by atoms with Crippen LogP contribution in [0.15, 0.2) is 109 Å². The van der Waals surface area contributed by atoms with Gasteiger partial charge in [0.25, 0.3) is 0 Å². The highest BCUT2D eigenvalue weighted by molar-refractivity contribution is 6.35. The fourth-order valence-electron chi connectivity index (χ4n) is 7.51. The molecule has 4 aromatic carbocycles. The first-order valence-electron chi connectivity index (χ1n) is 18.7. The van der Waals surface area contributed by atoms with Crippen molar-refractivity contribution in [2.45, 2.75) is 44.1 Å². The molecule has 0 radical (unpaired) electrons. The molecule has 1 aromatic heterocycles. The molecule has 3 saturated heterocycles. The number of benzene rings is 4. The van der Waals surface area contributed by atoms with Crippen molar-refractivity contribution in [1.29, 1.82) is 0 Å². The quantitative estimate of drug-likeness (QED) is 0.0671. The average Bonchev–Trinajstić information content (AvgIpc) is 3.23. The van der Waals surface area contributed by atoms with Gasteiger partial charge in [-0.2, -0.15) is 4.73 Å². The van der Waals surface area contributed by atoms with Crippen molar-refractivity contribution in [2.24, 2.45) is 5.92 Å². The van der Waals surface area contributed by atoms with Crippen LogP contribution >= 0.6 is 23.2 Å². The molecule has 2 unspecified atom stereocenters. The maximum Gasteiger partial charge on any atom is 0.408 e. The third kappa shape index (κ3) is 9.56. The Hall–Kier alpha value is -5.49. The van der Waals surface area contributed by atoms with Crippen molar-refractivity contribution in [3.05, 3.63) is 158 Å². The second-order valence-corrected chi connectivity index (χ2v) is 14.9. The Morgan fingerprint density at radius 1 is 0.842 bits per heavy atom. The summed E-state index contributed by atoms with van der Waals surface area (Å²) in [6.07, 6.45) is 3.06.